The molecule has 0 radical (unpaired) electrons. The smallest absolute Gasteiger partial charge is 0.244 e. The number of amides is 2. The van der Waals surface area contributed by atoms with E-state index in [1.165, 1.54) is 41.3 Å². The van der Waals surface area contributed by atoms with Gasteiger partial charge in [-0.2, -0.15) is 0 Å². The molecule has 1 unspecified atom stereocenters. The molecule has 0 spiro atoms. The van der Waals surface area contributed by atoms with E-state index in [2.05, 4.69) is 5.32 Å². The van der Waals surface area contributed by atoms with Crippen molar-refractivity contribution in [2.24, 2.45) is 0 Å². The van der Waals surface area contributed by atoms with Crippen molar-refractivity contribution in [3.63, 3.8) is 0 Å². The van der Waals surface area contributed by atoms with Gasteiger partial charge in [-0.15, -0.1) is 0 Å². The van der Waals surface area contributed by atoms with Gasteiger partial charge in [-0.05, 0) is 43.7 Å². The van der Waals surface area contributed by atoms with Gasteiger partial charge in [0.05, 0.1) is 11.9 Å². The highest BCUT2D eigenvalue weighted by atomic mass is 35.5. The molecule has 1 atom stereocenters. The Morgan fingerprint density at radius 1 is 0.949 bits per heavy atom. The van der Waals surface area contributed by atoms with Crippen LogP contribution in [0.2, 0.25) is 10.0 Å². The van der Waals surface area contributed by atoms with Crippen LogP contribution in [0.5, 0.6) is 0 Å². The predicted molar refractivity (Wildman–Crippen MR) is 153 cm³/mol. The van der Waals surface area contributed by atoms with E-state index in [4.69, 9.17) is 23.2 Å². The van der Waals surface area contributed by atoms with Crippen LogP contribution in [0.4, 0.5) is 10.1 Å². The first-order valence-corrected chi connectivity index (χ1v) is 14.8. The molecule has 7 nitrogen and oxygen atoms in total. The maximum Gasteiger partial charge on any atom is 0.244 e. The van der Waals surface area contributed by atoms with E-state index >= 15 is 0 Å². The van der Waals surface area contributed by atoms with Crippen molar-refractivity contribution >= 4 is 50.7 Å². The molecule has 39 heavy (non-hydrogen) atoms. The van der Waals surface area contributed by atoms with E-state index in [-0.39, 0.29) is 40.3 Å². The molecule has 0 saturated carbocycles. The first-order valence-electron chi connectivity index (χ1n) is 12.2. The van der Waals surface area contributed by atoms with Crippen molar-refractivity contribution in [2.45, 2.75) is 38.9 Å². The minimum Gasteiger partial charge on any atom is -0.352 e. The van der Waals surface area contributed by atoms with Gasteiger partial charge in [-0.25, -0.2) is 12.8 Å². The number of carbonyl (C=O) groups is 2. The predicted octanol–water partition coefficient (Wildman–Crippen LogP) is 5.06. The second kappa shape index (κ2) is 13.3. The summed E-state index contributed by atoms with van der Waals surface area (Å²) in [7, 11) is -3.99. The third-order valence-electron chi connectivity index (χ3n) is 5.82. The Balaban J connectivity index is 2.08. The van der Waals surface area contributed by atoms with Crippen LogP contribution in [0.1, 0.15) is 25.0 Å². The van der Waals surface area contributed by atoms with E-state index in [0.29, 0.717) is 0 Å². The van der Waals surface area contributed by atoms with Gasteiger partial charge in [0.2, 0.25) is 21.8 Å². The Morgan fingerprint density at radius 3 is 2.10 bits per heavy atom. The van der Waals surface area contributed by atoms with Crippen LogP contribution in [-0.4, -0.2) is 50.0 Å². The summed E-state index contributed by atoms with van der Waals surface area (Å²) < 4.78 is 41.2. The van der Waals surface area contributed by atoms with Gasteiger partial charge < -0.3 is 10.2 Å². The second-order valence-electron chi connectivity index (χ2n) is 9.38. The normalized spacial score (nSPS) is 12.2. The Hall–Kier alpha value is -3.14. The number of sulfonamides is 1. The fourth-order valence-corrected chi connectivity index (χ4v) is 5.39. The minimum absolute atomic E-state index is 0.0837. The third kappa shape index (κ3) is 8.68. The number of nitrogens with one attached hydrogen (secondary N) is 1. The zero-order valence-corrected chi connectivity index (χ0v) is 24.1. The molecule has 3 aromatic carbocycles. The van der Waals surface area contributed by atoms with Gasteiger partial charge in [0.1, 0.15) is 18.4 Å². The lowest BCUT2D eigenvalue weighted by molar-refractivity contribution is -0.140. The van der Waals surface area contributed by atoms with Gasteiger partial charge in [0.15, 0.2) is 0 Å². The van der Waals surface area contributed by atoms with Gasteiger partial charge in [0.25, 0.3) is 0 Å². The first-order chi connectivity index (χ1) is 18.3. The Labute approximate surface area is 238 Å². The fraction of sp³-hybridized carbons (Fsp3) is 0.286. The summed E-state index contributed by atoms with van der Waals surface area (Å²) in [6, 6.07) is 17.9. The molecule has 2 amide bonds. The van der Waals surface area contributed by atoms with Gasteiger partial charge in [-0.1, -0.05) is 71.7 Å². The molecule has 0 aliphatic carbocycles. The summed E-state index contributed by atoms with van der Waals surface area (Å²) in [6.45, 7) is 2.65. The second-order valence-corrected chi connectivity index (χ2v) is 12.2. The van der Waals surface area contributed by atoms with Crippen molar-refractivity contribution < 1.29 is 22.4 Å². The molecule has 0 aromatic heterocycles. The topological polar surface area (TPSA) is 86.8 Å². The van der Waals surface area contributed by atoms with E-state index in [1.54, 1.807) is 19.9 Å². The SMILES string of the molecule is CC(C)NC(=O)C(Cc1ccccc1)N(Cc1ccccc1F)C(=O)CN(c1cc(Cl)cc(Cl)c1)S(C)(=O)=O. The summed E-state index contributed by atoms with van der Waals surface area (Å²) in [5, 5.41) is 3.20. The van der Waals surface area contributed by atoms with Crippen LogP contribution in [0.3, 0.4) is 0 Å². The number of anilines is 1. The number of hydrogen-bond acceptors (Lipinski definition) is 4. The summed E-state index contributed by atoms with van der Waals surface area (Å²) >= 11 is 12.2. The molecular weight excluding hydrogens is 564 g/mol. The van der Waals surface area contributed by atoms with Crippen molar-refractivity contribution in [3.8, 4) is 0 Å². The molecular formula is C28H30Cl2FN3O4S. The summed E-state index contributed by atoms with van der Waals surface area (Å²) in [5.74, 6) is -1.71. The number of benzene rings is 3. The van der Waals surface area contributed by atoms with E-state index in [9.17, 15) is 22.4 Å². The maximum atomic E-state index is 14.7. The van der Waals surface area contributed by atoms with E-state index in [0.717, 1.165) is 16.1 Å². The van der Waals surface area contributed by atoms with Gasteiger partial charge >= 0.3 is 0 Å². The molecule has 0 aliphatic heterocycles. The molecule has 11 heteroatoms. The lowest BCUT2D eigenvalue weighted by atomic mass is 10.0. The molecule has 0 saturated heterocycles. The Kier molecular flexibility index (Phi) is 10.4. The van der Waals surface area contributed by atoms with Crippen molar-refractivity contribution in [2.75, 3.05) is 17.1 Å². The Bertz CT molecular complexity index is 1400. The summed E-state index contributed by atoms with van der Waals surface area (Å²) in [5.41, 5.74) is 1.03. The van der Waals surface area contributed by atoms with Crippen LogP contribution in [0.15, 0.2) is 72.8 Å². The highest BCUT2D eigenvalue weighted by Gasteiger charge is 2.33. The van der Waals surface area contributed by atoms with E-state index < -0.39 is 40.2 Å². The van der Waals surface area contributed by atoms with Crippen LogP contribution >= 0.6 is 23.2 Å². The highest BCUT2D eigenvalue weighted by Crippen LogP contribution is 2.27. The average molecular weight is 595 g/mol. The molecule has 0 bridgehead atoms. The standard InChI is InChI=1S/C28H30Cl2FN3O4S/c1-19(2)32-28(36)26(13-20-9-5-4-6-10-20)33(17-21-11-7-8-12-25(21)31)27(35)18-34(39(3,37)38)24-15-22(29)14-23(30)16-24/h4-12,14-16,19,26H,13,17-18H2,1-3H3,(H,32,36). The lowest BCUT2D eigenvalue weighted by Gasteiger charge is -2.34. The van der Waals surface area contributed by atoms with Crippen molar-refractivity contribution in [1.29, 1.82) is 0 Å². The van der Waals surface area contributed by atoms with Gasteiger partial charge in [0, 0.05) is 34.6 Å². The van der Waals surface area contributed by atoms with Crippen LogP contribution < -0.4 is 9.62 Å². The van der Waals surface area contributed by atoms with Gasteiger partial charge in [-0.3, -0.25) is 13.9 Å². The average Bonchev–Trinajstić information content (AvgIpc) is 2.84. The lowest BCUT2D eigenvalue weighted by Crippen LogP contribution is -2.54. The third-order valence-corrected chi connectivity index (χ3v) is 7.39. The number of rotatable bonds is 11. The summed E-state index contributed by atoms with van der Waals surface area (Å²) in [4.78, 5) is 28.6. The molecule has 208 valence electrons. The zero-order valence-electron chi connectivity index (χ0n) is 21.8. The number of carbonyl (C=O) groups excluding carboxylic acids is 2. The van der Waals surface area contributed by atoms with Crippen molar-refractivity contribution in [3.05, 3.63) is 99.8 Å². The van der Waals surface area contributed by atoms with E-state index in [1.807, 2.05) is 30.3 Å². The fourth-order valence-electron chi connectivity index (χ4n) is 4.04. The first kappa shape index (κ1) is 30.4. The van der Waals surface area contributed by atoms with Crippen LogP contribution in [0, 0.1) is 5.82 Å². The number of nitrogens with zero attached hydrogens (tertiary/aromatic N) is 2. The maximum absolute atomic E-state index is 14.7. The van der Waals surface area contributed by atoms with Crippen LogP contribution in [-0.2, 0) is 32.6 Å². The van der Waals surface area contributed by atoms with Crippen LogP contribution in [0.25, 0.3) is 0 Å². The highest BCUT2D eigenvalue weighted by molar-refractivity contribution is 7.92. The molecule has 1 N–H and O–H groups in total. The molecule has 3 aromatic rings. The number of hydrogen-bond donors (Lipinski definition) is 1. The minimum atomic E-state index is -3.99. The van der Waals surface area contributed by atoms with Crippen molar-refractivity contribution in [1.82, 2.24) is 10.2 Å². The quantitative estimate of drug-likeness (QED) is 0.336. The Morgan fingerprint density at radius 2 is 1.54 bits per heavy atom. The molecule has 3 rings (SSSR count). The zero-order chi connectivity index (χ0) is 28.7. The largest absolute Gasteiger partial charge is 0.352 e. The summed E-state index contributed by atoms with van der Waals surface area (Å²) in [6.07, 6.45) is 1.07. The number of halogens is 3. The molecule has 0 fully saturated rings. The monoisotopic (exact) mass is 593 g/mol. The molecule has 0 heterocycles. The molecule has 0 aliphatic rings.